The molecule has 2 rings (SSSR count). The maximum Gasteiger partial charge on any atom is 0.302 e. The topological polar surface area (TPSA) is 106 Å². The van der Waals surface area contributed by atoms with E-state index in [4.69, 9.17) is 14.2 Å². The van der Waals surface area contributed by atoms with Crippen LogP contribution >= 0.6 is 0 Å². The van der Waals surface area contributed by atoms with Gasteiger partial charge in [-0.25, -0.2) is 0 Å². The van der Waals surface area contributed by atoms with Crippen molar-refractivity contribution >= 4 is 23.9 Å². The molecular weight excluding hydrogens is 424 g/mol. The molecule has 0 atom stereocenters. The molecule has 1 aliphatic rings. The van der Waals surface area contributed by atoms with E-state index in [-0.39, 0.29) is 30.7 Å². The van der Waals surface area contributed by atoms with E-state index < -0.39 is 17.8 Å². The first-order valence-electron chi connectivity index (χ1n) is 10.9. The quantitative estimate of drug-likeness (QED) is 0.230. The van der Waals surface area contributed by atoms with Gasteiger partial charge in [-0.3, -0.25) is 19.3 Å². The van der Waals surface area contributed by atoms with Crippen molar-refractivity contribution in [1.82, 2.24) is 4.90 Å². The van der Waals surface area contributed by atoms with Crippen molar-refractivity contribution < 1.29 is 28.6 Å². The summed E-state index contributed by atoms with van der Waals surface area (Å²) in [5.74, 6) is -0.0825. The van der Waals surface area contributed by atoms with E-state index in [2.05, 4.69) is 13.8 Å². The average molecular weight is 455 g/mol. The third-order valence-corrected chi connectivity index (χ3v) is 4.81. The molecule has 0 N–H and O–H groups in total. The van der Waals surface area contributed by atoms with Crippen LogP contribution in [0.5, 0.6) is 11.5 Å². The number of hydrogen-bond donors (Lipinski definition) is 0. The Kier molecular flexibility index (Phi) is 9.22. The molecule has 2 amide bonds. The fourth-order valence-electron chi connectivity index (χ4n) is 3.20. The zero-order valence-electron chi connectivity index (χ0n) is 19.8. The van der Waals surface area contributed by atoms with Gasteiger partial charge in [-0.1, -0.05) is 19.9 Å². The molecule has 1 aromatic carbocycles. The third kappa shape index (κ3) is 6.69. The number of esters is 1. The monoisotopic (exact) mass is 454 g/mol. The minimum absolute atomic E-state index is 0.0346. The number of amides is 2. The fourth-order valence-corrected chi connectivity index (χ4v) is 3.20. The molecule has 0 saturated heterocycles. The highest BCUT2D eigenvalue weighted by molar-refractivity contribution is 6.19. The summed E-state index contributed by atoms with van der Waals surface area (Å²) in [4.78, 5) is 37.8. The predicted octanol–water partition coefficient (Wildman–Crippen LogP) is 3.67. The molecule has 0 spiro atoms. The zero-order chi connectivity index (χ0) is 24.5. The van der Waals surface area contributed by atoms with Gasteiger partial charge in [-0.2, -0.15) is 5.26 Å². The van der Waals surface area contributed by atoms with Gasteiger partial charge in [-0.15, -0.1) is 0 Å². The molecule has 0 aliphatic carbocycles. The van der Waals surface area contributed by atoms with Crippen molar-refractivity contribution in [3.63, 3.8) is 0 Å². The van der Waals surface area contributed by atoms with Crippen LogP contribution in [0.25, 0.3) is 6.08 Å². The largest absolute Gasteiger partial charge is 0.490 e. The highest BCUT2D eigenvalue weighted by Gasteiger charge is 2.35. The molecule has 8 heteroatoms. The number of nitrogens with zero attached hydrogens (tertiary/aromatic N) is 2. The van der Waals surface area contributed by atoms with Crippen LogP contribution in [0.2, 0.25) is 0 Å². The van der Waals surface area contributed by atoms with Gasteiger partial charge in [0.1, 0.15) is 11.6 Å². The van der Waals surface area contributed by atoms with Crippen LogP contribution in [0.1, 0.15) is 46.6 Å². The Balaban J connectivity index is 2.38. The van der Waals surface area contributed by atoms with Crippen LogP contribution in [0.15, 0.2) is 34.9 Å². The molecule has 0 bridgehead atoms. The predicted molar refractivity (Wildman–Crippen MR) is 122 cm³/mol. The Labute approximate surface area is 194 Å². The zero-order valence-corrected chi connectivity index (χ0v) is 19.8. The van der Waals surface area contributed by atoms with Crippen molar-refractivity contribution in [3.05, 3.63) is 40.5 Å². The molecular formula is C25H30N2O6. The van der Waals surface area contributed by atoms with E-state index in [9.17, 15) is 19.6 Å². The van der Waals surface area contributed by atoms with Crippen molar-refractivity contribution in [1.29, 1.82) is 5.26 Å². The second-order valence-corrected chi connectivity index (χ2v) is 7.97. The molecule has 1 aliphatic heterocycles. The number of benzene rings is 1. The first-order chi connectivity index (χ1) is 15.7. The fraction of sp³-hybridized carbons (Fsp3) is 0.440. The molecule has 0 saturated carbocycles. The van der Waals surface area contributed by atoms with Crippen molar-refractivity contribution in [2.75, 3.05) is 26.4 Å². The van der Waals surface area contributed by atoms with Gasteiger partial charge in [0.25, 0.3) is 11.8 Å². The number of hydrogen-bond acceptors (Lipinski definition) is 7. The lowest BCUT2D eigenvalue weighted by molar-refractivity contribution is -0.141. The number of carbonyl (C=O) groups excluding carboxylic acids is 3. The number of rotatable bonds is 10. The van der Waals surface area contributed by atoms with Gasteiger partial charge in [0, 0.05) is 19.0 Å². The molecule has 0 unspecified atom stereocenters. The first-order valence-corrected chi connectivity index (χ1v) is 10.9. The molecule has 0 radical (unpaired) electrons. The lowest BCUT2D eigenvalue weighted by Crippen LogP contribution is -2.43. The first kappa shape index (κ1) is 25.7. The highest BCUT2D eigenvalue weighted by Crippen LogP contribution is 2.32. The summed E-state index contributed by atoms with van der Waals surface area (Å²) in [5.41, 5.74) is 1.15. The molecule has 33 heavy (non-hydrogen) atoms. The van der Waals surface area contributed by atoms with Crippen LogP contribution in [-0.2, 0) is 19.1 Å². The van der Waals surface area contributed by atoms with Gasteiger partial charge in [-0.05, 0) is 55.5 Å². The van der Waals surface area contributed by atoms with Crippen LogP contribution < -0.4 is 9.47 Å². The number of nitriles is 1. The minimum atomic E-state index is -0.646. The summed E-state index contributed by atoms with van der Waals surface area (Å²) in [7, 11) is 0. The maximum atomic E-state index is 13.1. The lowest BCUT2D eigenvalue weighted by atomic mass is 9.93. The van der Waals surface area contributed by atoms with Gasteiger partial charge >= 0.3 is 5.97 Å². The van der Waals surface area contributed by atoms with Crippen LogP contribution in [0.3, 0.4) is 0 Å². The number of ether oxygens (including phenoxy) is 3. The molecule has 1 heterocycles. The number of carbonyl (C=O) groups is 3. The van der Waals surface area contributed by atoms with Crippen LogP contribution in [-0.4, -0.2) is 49.0 Å². The van der Waals surface area contributed by atoms with Gasteiger partial charge < -0.3 is 14.2 Å². The Morgan fingerprint density at radius 1 is 1.18 bits per heavy atom. The minimum Gasteiger partial charge on any atom is -0.490 e. The molecule has 0 fully saturated rings. The normalized spacial score (nSPS) is 15.2. The Hall–Kier alpha value is -3.60. The van der Waals surface area contributed by atoms with E-state index >= 15 is 0 Å². The Morgan fingerprint density at radius 2 is 1.91 bits per heavy atom. The van der Waals surface area contributed by atoms with E-state index in [1.54, 1.807) is 31.2 Å². The third-order valence-electron chi connectivity index (χ3n) is 4.81. The van der Waals surface area contributed by atoms with Gasteiger partial charge in [0.2, 0.25) is 0 Å². The maximum absolute atomic E-state index is 13.1. The molecule has 176 valence electrons. The Morgan fingerprint density at radius 3 is 2.52 bits per heavy atom. The second-order valence-electron chi connectivity index (χ2n) is 7.97. The number of imide groups is 1. The van der Waals surface area contributed by atoms with E-state index in [1.807, 2.05) is 13.0 Å². The molecule has 0 aromatic heterocycles. The van der Waals surface area contributed by atoms with Gasteiger partial charge in [0.15, 0.2) is 11.5 Å². The standard InChI is InChI=1S/C25H30N2O6/c1-6-31-23-13-19(8-9-22(23)33-15-16(2)3)12-20-17(4)21(14-26)25(30)27(24(20)29)10-7-11-32-18(5)28/h8-9,12-13,16H,6-7,10-11,15H2,1-5H3/b20-12+. The van der Waals surface area contributed by atoms with E-state index in [1.165, 1.54) is 6.92 Å². The van der Waals surface area contributed by atoms with E-state index in [0.717, 1.165) is 4.90 Å². The summed E-state index contributed by atoms with van der Waals surface area (Å²) in [6, 6.07) is 7.24. The lowest BCUT2D eigenvalue weighted by Gasteiger charge is -2.27. The van der Waals surface area contributed by atoms with Crippen LogP contribution in [0, 0.1) is 17.2 Å². The van der Waals surface area contributed by atoms with Crippen molar-refractivity contribution in [3.8, 4) is 17.6 Å². The van der Waals surface area contributed by atoms with Gasteiger partial charge in [0.05, 0.1) is 19.8 Å². The SMILES string of the molecule is CCOc1cc(/C=C2/C(=O)N(CCCOC(C)=O)C(=O)C(C#N)=C2C)ccc1OCC(C)C. The summed E-state index contributed by atoms with van der Waals surface area (Å²) in [6.07, 6.45) is 1.91. The summed E-state index contributed by atoms with van der Waals surface area (Å²) in [6.45, 7) is 9.93. The molecule has 8 nitrogen and oxygen atoms in total. The second kappa shape index (κ2) is 11.9. The summed E-state index contributed by atoms with van der Waals surface area (Å²) >= 11 is 0. The summed E-state index contributed by atoms with van der Waals surface area (Å²) in [5, 5.41) is 9.52. The Bertz CT molecular complexity index is 1020. The molecule has 1 aromatic rings. The smallest absolute Gasteiger partial charge is 0.302 e. The summed E-state index contributed by atoms with van der Waals surface area (Å²) < 4.78 is 16.4. The average Bonchev–Trinajstić information content (AvgIpc) is 2.75. The van der Waals surface area contributed by atoms with Crippen LogP contribution in [0.4, 0.5) is 0 Å². The highest BCUT2D eigenvalue weighted by atomic mass is 16.5. The van der Waals surface area contributed by atoms with E-state index in [0.29, 0.717) is 41.8 Å². The van der Waals surface area contributed by atoms with Crippen molar-refractivity contribution in [2.45, 2.75) is 41.0 Å². The van der Waals surface area contributed by atoms with Crippen molar-refractivity contribution in [2.24, 2.45) is 5.92 Å².